The van der Waals surface area contributed by atoms with E-state index in [9.17, 15) is 18.0 Å². The molecule has 1 amide bonds. The first-order valence-electron chi connectivity index (χ1n) is 5.58. The second-order valence-electron chi connectivity index (χ2n) is 3.97. The van der Waals surface area contributed by atoms with Gasteiger partial charge in [0.05, 0.1) is 10.5 Å². The van der Waals surface area contributed by atoms with Gasteiger partial charge in [-0.05, 0) is 19.1 Å². The summed E-state index contributed by atoms with van der Waals surface area (Å²) in [6.45, 7) is 2.10. The fraction of sp³-hybridized carbons (Fsp3) is 0.333. The molecule has 0 saturated carbocycles. The summed E-state index contributed by atoms with van der Waals surface area (Å²) >= 11 is 0. The van der Waals surface area contributed by atoms with Crippen molar-refractivity contribution < 1.29 is 23.1 Å². The highest BCUT2D eigenvalue weighted by Gasteiger charge is 2.25. The summed E-state index contributed by atoms with van der Waals surface area (Å²) in [6.07, 6.45) is 0. The van der Waals surface area contributed by atoms with Crippen LogP contribution in [0.1, 0.15) is 17.3 Å². The Morgan fingerprint density at radius 2 is 1.84 bits per heavy atom. The first kappa shape index (κ1) is 15.2. The zero-order chi connectivity index (χ0) is 14.6. The lowest BCUT2D eigenvalue weighted by atomic mass is 10.2. The van der Waals surface area contributed by atoms with Gasteiger partial charge in [-0.1, -0.05) is 12.1 Å². The normalized spacial score (nSPS) is 11.1. The summed E-state index contributed by atoms with van der Waals surface area (Å²) < 4.78 is 24.2. The first-order chi connectivity index (χ1) is 8.79. The van der Waals surface area contributed by atoms with E-state index in [0.29, 0.717) is 6.54 Å². The number of carbonyl (C=O) groups is 2. The van der Waals surface area contributed by atoms with E-state index in [-0.39, 0.29) is 10.5 Å². The number of sulfone groups is 1. The Morgan fingerprint density at radius 3 is 2.37 bits per heavy atom. The molecule has 7 heteroatoms. The zero-order valence-electron chi connectivity index (χ0n) is 10.7. The molecule has 1 aromatic carbocycles. The second-order valence-corrected chi connectivity index (χ2v) is 5.93. The number of hydrogen-bond acceptors (Lipinski definition) is 4. The number of hydrogen-bond donors (Lipinski definition) is 1. The van der Waals surface area contributed by atoms with Gasteiger partial charge in [0.1, 0.15) is 5.75 Å². The number of benzene rings is 1. The van der Waals surface area contributed by atoms with E-state index in [1.807, 2.05) is 0 Å². The van der Waals surface area contributed by atoms with Crippen LogP contribution in [0, 0.1) is 0 Å². The van der Waals surface area contributed by atoms with Crippen LogP contribution in [-0.4, -0.2) is 49.6 Å². The second kappa shape index (κ2) is 5.83. The molecule has 0 spiro atoms. The van der Waals surface area contributed by atoms with Gasteiger partial charge in [0.2, 0.25) is 5.91 Å². The predicted octanol–water partition coefficient (Wildman–Crippen LogP) is 0.637. The van der Waals surface area contributed by atoms with Crippen LogP contribution in [0.2, 0.25) is 0 Å². The Kier molecular flexibility index (Phi) is 4.66. The average molecular weight is 285 g/mol. The highest BCUT2D eigenvalue weighted by atomic mass is 32.2. The lowest BCUT2D eigenvalue weighted by molar-refractivity contribution is -0.126. The number of carbonyl (C=O) groups excluding carboxylic acids is 1. The fourth-order valence-corrected chi connectivity index (χ4v) is 2.92. The van der Waals surface area contributed by atoms with Crippen LogP contribution in [0.3, 0.4) is 0 Å². The third-order valence-electron chi connectivity index (χ3n) is 2.67. The molecule has 0 aliphatic carbocycles. The van der Waals surface area contributed by atoms with Crippen molar-refractivity contribution in [2.75, 3.05) is 19.3 Å². The summed E-state index contributed by atoms with van der Waals surface area (Å²) in [5.74, 6) is -2.64. The lowest BCUT2D eigenvalue weighted by Gasteiger charge is -2.15. The Morgan fingerprint density at radius 1 is 1.26 bits per heavy atom. The topological polar surface area (TPSA) is 91.8 Å². The summed E-state index contributed by atoms with van der Waals surface area (Å²) in [7, 11) is -2.48. The van der Waals surface area contributed by atoms with Crippen molar-refractivity contribution in [3.05, 3.63) is 29.8 Å². The van der Waals surface area contributed by atoms with Gasteiger partial charge in [0, 0.05) is 13.6 Å². The molecule has 1 aromatic rings. The van der Waals surface area contributed by atoms with Crippen LogP contribution < -0.4 is 0 Å². The van der Waals surface area contributed by atoms with E-state index in [1.54, 1.807) is 6.92 Å². The lowest BCUT2D eigenvalue weighted by Crippen LogP contribution is -2.32. The Bertz CT molecular complexity index is 594. The maximum absolute atomic E-state index is 12.1. The van der Waals surface area contributed by atoms with Crippen LogP contribution in [0.4, 0.5) is 0 Å². The van der Waals surface area contributed by atoms with Crippen molar-refractivity contribution in [1.29, 1.82) is 0 Å². The third-order valence-corrected chi connectivity index (χ3v) is 4.32. The smallest absolute Gasteiger partial charge is 0.337 e. The molecule has 0 aromatic heterocycles. The number of carboxylic acids is 1. The molecule has 0 unspecified atom stereocenters. The van der Waals surface area contributed by atoms with Gasteiger partial charge in [-0.3, -0.25) is 4.79 Å². The fourth-order valence-electron chi connectivity index (χ4n) is 1.44. The molecule has 0 saturated heterocycles. The van der Waals surface area contributed by atoms with Crippen molar-refractivity contribution >= 4 is 21.7 Å². The van der Waals surface area contributed by atoms with E-state index in [4.69, 9.17) is 5.11 Å². The quantitative estimate of drug-likeness (QED) is 0.857. The Balaban J connectivity index is 3.15. The minimum atomic E-state index is -3.96. The van der Waals surface area contributed by atoms with Gasteiger partial charge >= 0.3 is 5.97 Å². The summed E-state index contributed by atoms with van der Waals surface area (Å²) in [4.78, 5) is 23.6. The number of aromatic carboxylic acids is 1. The molecule has 19 heavy (non-hydrogen) atoms. The summed E-state index contributed by atoms with van der Waals surface area (Å²) in [5.41, 5.74) is -0.325. The highest BCUT2D eigenvalue weighted by molar-refractivity contribution is 7.92. The third kappa shape index (κ3) is 3.54. The van der Waals surface area contributed by atoms with E-state index >= 15 is 0 Å². The SMILES string of the molecule is CCN(C)C(=O)CS(=O)(=O)c1ccccc1C(=O)O. The zero-order valence-corrected chi connectivity index (χ0v) is 11.5. The molecule has 0 radical (unpaired) electrons. The van der Waals surface area contributed by atoms with Gasteiger partial charge in [0.25, 0.3) is 0 Å². The van der Waals surface area contributed by atoms with Crippen LogP contribution in [0.5, 0.6) is 0 Å². The molecule has 0 heterocycles. The predicted molar refractivity (Wildman–Crippen MR) is 68.8 cm³/mol. The molecule has 6 nitrogen and oxygen atoms in total. The van der Waals surface area contributed by atoms with Crippen LogP contribution in [0.15, 0.2) is 29.2 Å². The van der Waals surface area contributed by atoms with E-state index < -0.39 is 27.5 Å². The van der Waals surface area contributed by atoms with Crippen LogP contribution in [-0.2, 0) is 14.6 Å². The van der Waals surface area contributed by atoms with Crippen molar-refractivity contribution in [3.8, 4) is 0 Å². The van der Waals surface area contributed by atoms with Crippen molar-refractivity contribution in [2.45, 2.75) is 11.8 Å². The molecule has 1 N–H and O–H groups in total. The van der Waals surface area contributed by atoms with Crippen LogP contribution in [0.25, 0.3) is 0 Å². The highest BCUT2D eigenvalue weighted by Crippen LogP contribution is 2.17. The van der Waals surface area contributed by atoms with E-state index in [2.05, 4.69) is 0 Å². The standard InChI is InChI=1S/C12H15NO5S/c1-3-13(2)11(14)8-19(17,18)10-7-5-4-6-9(10)12(15)16/h4-7H,3,8H2,1-2H3,(H,15,16). The van der Waals surface area contributed by atoms with Crippen molar-refractivity contribution in [2.24, 2.45) is 0 Å². The van der Waals surface area contributed by atoms with E-state index in [1.165, 1.54) is 36.2 Å². The number of amides is 1. The number of nitrogens with zero attached hydrogens (tertiary/aromatic N) is 1. The van der Waals surface area contributed by atoms with Crippen LogP contribution >= 0.6 is 0 Å². The monoisotopic (exact) mass is 285 g/mol. The molecule has 1 rings (SSSR count). The molecule has 0 aliphatic heterocycles. The maximum atomic E-state index is 12.1. The van der Waals surface area contributed by atoms with E-state index in [0.717, 1.165) is 0 Å². The summed E-state index contributed by atoms with van der Waals surface area (Å²) in [6, 6.07) is 5.25. The first-order valence-corrected chi connectivity index (χ1v) is 7.24. The largest absolute Gasteiger partial charge is 0.478 e. The molecule has 104 valence electrons. The maximum Gasteiger partial charge on any atom is 0.337 e. The Hall–Kier alpha value is -1.89. The van der Waals surface area contributed by atoms with Gasteiger partial charge in [-0.25, -0.2) is 13.2 Å². The Labute approximate surface area is 111 Å². The molecule has 0 fully saturated rings. The van der Waals surface area contributed by atoms with Gasteiger partial charge < -0.3 is 10.0 Å². The average Bonchev–Trinajstić information content (AvgIpc) is 2.37. The minimum Gasteiger partial charge on any atom is -0.478 e. The number of rotatable bonds is 5. The minimum absolute atomic E-state index is 0.325. The number of carboxylic acid groups (broad SMARTS) is 1. The molecule has 0 atom stereocenters. The molecule has 0 bridgehead atoms. The molecular weight excluding hydrogens is 270 g/mol. The van der Waals surface area contributed by atoms with Crippen molar-refractivity contribution in [3.63, 3.8) is 0 Å². The summed E-state index contributed by atoms with van der Waals surface area (Å²) in [5, 5.41) is 8.96. The molecular formula is C12H15NO5S. The van der Waals surface area contributed by atoms with Crippen molar-refractivity contribution in [1.82, 2.24) is 4.90 Å². The van der Waals surface area contributed by atoms with Gasteiger partial charge in [0.15, 0.2) is 9.84 Å². The van der Waals surface area contributed by atoms with Gasteiger partial charge in [-0.2, -0.15) is 0 Å². The van der Waals surface area contributed by atoms with Gasteiger partial charge in [-0.15, -0.1) is 0 Å². The molecule has 0 aliphatic rings.